The lowest BCUT2D eigenvalue weighted by atomic mass is 10.0. The lowest BCUT2D eigenvalue weighted by molar-refractivity contribution is -0.137. The highest BCUT2D eigenvalue weighted by atomic mass is 35.5. The number of aliphatic carboxylic acids is 1. The van der Waals surface area contributed by atoms with Crippen LogP contribution < -0.4 is 20.1 Å². The van der Waals surface area contributed by atoms with Crippen LogP contribution in [0.25, 0.3) is 0 Å². The van der Waals surface area contributed by atoms with Crippen molar-refractivity contribution < 1.29 is 31.5 Å². The zero-order valence-electron chi connectivity index (χ0n) is 20.7. The molecule has 0 aliphatic rings. The third-order valence-corrected chi connectivity index (χ3v) is 8.40. The van der Waals surface area contributed by atoms with Crippen LogP contribution in [0, 0.1) is 0 Å². The van der Waals surface area contributed by atoms with Crippen LogP contribution in [-0.4, -0.2) is 40.5 Å². The number of carbonyl (C=O) groups is 2. The second-order valence-electron chi connectivity index (χ2n) is 8.37. The number of sulfonamides is 2. The summed E-state index contributed by atoms with van der Waals surface area (Å²) in [6.45, 7) is 2.35. The minimum atomic E-state index is -4.13. The maximum Gasteiger partial charge on any atom is 0.319 e. The van der Waals surface area contributed by atoms with E-state index in [1.54, 1.807) is 0 Å². The van der Waals surface area contributed by atoms with E-state index < -0.39 is 44.5 Å². The number of anilines is 2. The van der Waals surface area contributed by atoms with Crippen molar-refractivity contribution in [2.45, 2.75) is 35.6 Å². The number of benzene rings is 3. The van der Waals surface area contributed by atoms with Crippen LogP contribution in [0.2, 0.25) is 5.02 Å². The fraction of sp³-hybridized carbons (Fsp3) is 0.200. The number of amides is 2. The SMILES string of the molecule is CCCNC(=O)Nc1cccc(S(=O)(=O)Nc2cccc(C(CC(=O)O)NS(=O)(=O)c3ccc(Cl)cc3)c2)c1. The van der Waals surface area contributed by atoms with E-state index in [9.17, 15) is 31.5 Å². The van der Waals surface area contributed by atoms with Gasteiger partial charge in [-0.1, -0.05) is 36.7 Å². The minimum Gasteiger partial charge on any atom is -0.481 e. The Kier molecular flexibility index (Phi) is 9.92. The first kappa shape index (κ1) is 29.9. The molecule has 0 radical (unpaired) electrons. The molecule has 0 aliphatic carbocycles. The number of rotatable bonds is 12. The molecule has 0 aliphatic heterocycles. The lowest BCUT2D eigenvalue weighted by Crippen LogP contribution is -2.30. The zero-order chi connectivity index (χ0) is 28.6. The molecule has 5 N–H and O–H groups in total. The Bertz CT molecular complexity index is 1550. The number of carboxylic acids is 1. The van der Waals surface area contributed by atoms with Gasteiger partial charge < -0.3 is 15.7 Å². The number of urea groups is 1. The molecule has 1 atom stereocenters. The number of hydrogen-bond acceptors (Lipinski definition) is 6. The molecule has 0 heterocycles. The van der Waals surface area contributed by atoms with E-state index in [2.05, 4.69) is 20.1 Å². The molecule has 11 nitrogen and oxygen atoms in total. The molecule has 39 heavy (non-hydrogen) atoms. The van der Waals surface area contributed by atoms with Gasteiger partial charge in [0.1, 0.15) is 0 Å². The summed E-state index contributed by atoms with van der Waals surface area (Å²) in [5.74, 6) is -1.27. The number of carbonyl (C=O) groups excluding carboxylic acids is 1. The summed E-state index contributed by atoms with van der Waals surface area (Å²) in [7, 11) is -8.26. The van der Waals surface area contributed by atoms with Gasteiger partial charge in [0.2, 0.25) is 10.0 Å². The molecule has 0 saturated heterocycles. The van der Waals surface area contributed by atoms with Gasteiger partial charge in [0.15, 0.2) is 0 Å². The molecular formula is C25H27ClN4O7S2. The third kappa shape index (κ3) is 8.68. The summed E-state index contributed by atoms with van der Waals surface area (Å²) < 4.78 is 56.6. The van der Waals surface area contributed by atoms with Crippen molar-refractivity contribution >= 4 is 55.0 Å². The average Bonchev–Trinajstić information content (AvgIpc) is 2.87. The van der Waals surface area contributed by atoms with Crippen molar-refractivity contribution in [1.82, 2.24) is 10.0 Å². The van der Waals surface area contributed by atoms with E-state index >= 15 is 0 Å². The number of hydrogen-bond donors (Lipinski definition) is 5. The number of nitrogens with one attached hydrogen (secondary N) is 4. The molecule has 0 fully saturated rings. The van der Waals surface area contributed by atoms with Crippen molar-refractivity contribution in [3.8, 4) is 0 Å². The Hall–Kier alpha value is -3.65. The van der Waals surface area contributed by atoms with Crippen LogP contribution >= 0.6 is 11.6 Å². The molecule has 14 heteroatoms. The molecule has 0 saturated carbocycles. The van der Waals surface area contributed by atoms with E-state index in [1.807, 2.05) is 6.92 Å². The largest absolute Gasteiger partial charge is 0.481 e. The Morgan fingerprint density at radius 1 is 0.872 bits per heavy atom. The van der Waals surface area contributed by atoms with Crippen molar-refractivity contribution in [2.24, 2.45) is 0 Å². The normalized spacial score (nSPS) is 12.4. The Labute approximate surface area is 231 Å². The summed E-state index contributed by atoms with van der Waals surface area (Å²) in [6.07, 6.45) is 0.136. The lowest BCUT2D eigenvalue weighted by Gasteiger charge is -2.19. The van der Waals surface area contributed by atoms with Crippen LogP contribution in [0.15, 0.2) is 82.6 Å². The monoisotopic (exact) mass is 594 g/mol. The summed E-state index contributed by atoms with van der Waals surface area (Å²) >= 11 is 5.83. The van der Waals surface area contributed by atoms with Gasteiger partial charge in [-0.3, -0.25) is 9.52 Å². The zero-order valence-corrected chi connectivity index (χ0v) is 23.1. The van der Waals surface area contributed by atoms with Gasteiger partial charge in [0.05, 0.1) is 22.3 Å². The summed E-state index contributed by atoms with van der Waals surface area (Å²) in [5.41, 5.74) is 0.559. The minimum absolute atomic E-state index is 0.0765. The van der Waals surface area contributed by atoms with Gasteiger partial charge in [0, 0.05) is 22.9 Å². The molecule has 0 bridgehead atoms. The third-order valence-electron chi connectivity index (χ3n) is 5.28. The van der Waals surface area contributed by atoms with Gasteiger partial charge in [0.25, 0.3) is 10.0 Å². The molecule has 2 amide bonds. The van der Waals surface area contributed by atoms with Crippen LogP contribution in [-0.2, 0) is 24.8 Å². The number of halogens is 1. The van der Waals surface area contributed by atoms with Gasteiger partial charge in [-0.05, 0) is 66.6 Å². The van der Waals surface area contributed by atoms with E-state index in [0.29, 0.717) is 11.6 Å². The first-order valence-electron chi connectivity index (χ1n) is 11.7. The molecule has 3 rings (SSSR count). The van der Waals surface area contributed by atoms with E-state index in [4.69, 9.17) is 11.6 Å². The molecule has 208 valence electrons. The van der Waals surface area contributed by atoms with Crippen LogP contribution in [0.3, 0.4) is 0 Å². The maximum absolute atomic E-state index is 13.1. The first-order chi connectivity index (χ1) is 18.4. The second kappa shape index (κ2) is 12.9. The van der Waals surface area contributed by atoms with Crippen molar-refractivity contribution in [3.05, 3.63) is 83.4 Å². The van der Waals surface area contributed by atoms with Crippen LogP contribution in [0.1, 0.15) is 31.4 Å². The molecule has 3 aromatic carbocycles. The Morgan fingerprint density at radius 2 is 1.54 bits per heavy atom. The fourth-order valence-corrected chi connectivity index (χ4v) is 5.90. The highest BCUT2D eigenvalue weighted by Gasteiger charge is 2.24. The van der Waals surface area contributed by atoms with E-state index in [-0.39, 0.29) is 26.7 Å². The predicted molar refractivity (Wildman–Crippen MR) is 148 cm³/mol. The van der Waals surface area contributed by atoms with Crippen LogP contribution in [0.4, 0.5) is 16.2 Å². The molecule has 3 aromatic rings. The van der Waals surface area contributed by atoms with Gasteiger partial charge in [-0.25, -0.2) is 26.4 Å². The van der Waals surface area contributed by atoms with E-state index in [0.717, 1.165) is 6.42 Å². The maximum atomic E-state index is 13.1. The Balaban J connectivity index is 1.84. The predicted octanol–water partition coefficient (Wildman–Crippen LogP) is 4.17. The highest BCUT2D eigenvalue weighted by Crippen LogP contribution is 2.26. The van der Waals surface area contributed by atoms with Crippen molar-refractivity contribution in [3.63, 3.8) is 0 Å². The van der Waals surface area contributed by atoms with E-state index in [1.165, 1.54) is 72.8 Å². The standard InChI is InChI=1S/C25H27ClN4O7S2/c1-2-13-27-25(33)28-19-6-4-8-22(15-19)39(36,37)29-20-7-3-5-17(14-20)23(16-24(31)32)30-38(34,35)21-11-9-18(26)10-12-21/h3-12,14-15,23,29-30H,2,13,16H2,1H3,(H,31,32)(H2,27,28,33). The summed E-state index contributed by atoms with van der Waals surface area (Å²) in [6, 6.07) is 15.0. The smallest absolute Gasteiger partial charge is 0.319 e. The average molecular weight is 595 g/mol. The van der Waals surface area contributed by atoms with Gasteiger partial charge >= 0.3 is 12.0 Å². The molecule has 1 unspecified atom stereocenters. The van der Waals surface area contributed by atoms with Gasteiger partial charge in [-0.15, -0.1) is 0 Å². The van der Waals surface area contributed by atoms with Crippen molar-refractivity contribution in [2.75, 3.05) is 16.6 Å². The summed E-state index contributed by atoms with van der Waals surface area (Å²) in [5, 5.41) is 14.9. The molecule has 0 spiro atoms. The molecular weight excluding hydrogens is 568 g/mol. The van der Waals surface area contributed by atoms with Gasteiger partial charge in [-0.2, -0.15) is 0 Å². The summed E-state index contributed by atoms with van der Waals surface area (Å²) in [4.78, 5) is 23.2. The van der Waals surface area contributed by atoms with Crippen molar-refractivity contribution in [1.29, 1.82) is 0 Å². The fourth-order valence-electron chi connectivity index (χ4n) is 3.46. The topological polar surface area (TPSA) is 171 Å². The second-order valence-corrected chi connectivity index (χ2v) is 12.2. The first-order valence-corrected chi connectivity index (χ1v) is 15.0. The number of carboxylic acid groups (broad SMARTS) is 1. The quantitative estimate of drug-likeness (QED) is 0.209. The Morgan fingerprint density at radius 3 is 2.21 bits per heavy atom. The van der Waals surface area contributed by atoms with Crippen LogP contribution in [0.5, 0.6) is 0 Å². The highest BCUT2D eigenvalue weighted by molar-refractivity contribution is 7.92. The molecule has 0 aromatic heterocycles.